The van der Waals surface area contributed by atoms with Crippen LogP contribution >= 0.6 is 0 Å². The number of carbonyl (C=O) groups excluding carboxylic acids is 6. The second-order valence-corrected chi connectivity index (χ2v) is 15.6. The molecule has 316 valence electrons. The summed E-state index contributed by atoms with van der Waals surface area (Å²) in [6.07, 6.45) is 4.52. The molecular formula is C42H61N9O7. The van der Waals surface area contributed by atoms with Crippen LogP contribution in [0.1, 0.15) is 83.3 Å². The maximum absolute atomic E-state index is 14.2. The van der Waals surface area contributed by atoms with Crippen molar-refractivity contribution in [2.45, 2.75) is 115 Å². The number of carbonyl (C=O) groups is 6. The van der Waals surface area contributed by atoms with Crippen LogP contribution in [0.25, 0.3) is 0 Å². The van der Waals surface area contributed by atoms with E-state index < -0.39 is 59.7 Å². The summed E-state index contributed by atoms with van der Waals surface area (Å²) >= 11 is 0. The van der Waals surface area contributed by atoms with Crippen molar-refractivity contribution in [1.29, 1.82) is 0 Å². The summed E-state index contributed by atoms with van der Waals surface area (Å²) in [7, 11) is 0. The lowest BCUT2D eigenvalue weighted by Gasteiger charge is -2.32. The van der Waals surface area contributed by atoms with Gasteiger partial charge in [0.15, 0.2) is 5.96 Å². The molecular weight excluding hydrogens is 743 g/mol. The molecule has 0 aliphatic carbocycles. The zero-order chi connectivity index (χ0) is 42.2. The van der Waals surface area contributed by atoms with Crippen molar-refractivity contribution >= 4 is 41.4 Å². The number of amides is 6. The first-order chi connectivity index (χ1) is 27.7. The van der Waals surface area contributed by atoms with Gasteiger partial charge in [0, 0.05) is 39.5 Å². The van der Waals surface area contributed by atoms with E-state index in [1.807, 2.05) is 44.2 Å². The molecule has 0 saturated carbocycles. The van der Waals surface area contributed by atoms with Gasteiger partial charge in [0.25, 0.3) is 0 Å². The van der Waals surface area contributed by atoms with Gasteiger partial charge in [-0.15, -0.1) is 0 Å². The number of aliphatic imine (C=N–C) groups is 1. The van der Waals surface area contributed by atoms with E-state index in [1.165, 1.54) is 34.4 Å². The van der Waals surface area contributed by atoms with Crippen molar-refractivity contribution in [3.8, 4) is 5.75 Å². The Bertz CT molecular complexity index is 1730. The van der Waals surface area contributed by atoms with Crippen molar-refractivity contribution in [2.24, 2.45) is 22.4 Å². The second kappa shape index (κ2) is 22.3. The average molecular weight is 804 g/mol. The molecule has 0 unspecified atom stereocenters. The van der Waals surface area contributed by atoms with Crippen molar-refractivity contribution < 1.29 is 33.9 Å². The second-order valence-electron chi connectivity index (χ2n) is 15.6. The van der Waals surface area contributed by atoms with E-state index in [0.717, 1.165) is 12.8 Å². The monoisotopic (exact) mass is 803 g/mol. The summed E-state index contributed by atoms with van der Waals surface area (Å²) in [5, 5.41) is 21.1. The number of guanidine groups is 1. The number of hydrogen-bond donors (Lipinski definition) is 7. The average Bonchev–Trinajstić information content (AvgIpc) is 3.89. The van der Waals surface area contributed by atoms with Crippen LogP contribution in [0.5, 0.6) is 5.75 Å². The normalized spacial score (nSPS) is 17.9. The predicted molar refractivity (Wildman–Crippen MR) is 220 cm³/mol. The lowest BCUT2D eigenvalue weighted by molar-refractivity contribution is -0.144. The Morgan fingerprint density at radius 2 is 1.40 bits per heavy atom. The van der Waals surface area contributed by atoms with Gasteiger partial charge in [0.05, 0.1) is 0 Å². The van der Waals surface area contributed by atoms with Crippen LogP contribution in [0.4, 0.5) is 0 Å². The molecule has 16 heteroatoms. The SMILES string of the molecule is CC(=O)N[C@@H](Cc1ccc(O)cc1)C(=O)N[C@@H](CC(C)C)C(=O)N1CCC[C@H]1C(=O)N[C@@H](CCCN=C(N)N)C(=O)N1CCC[C@H]1C(=O)NCCCc1ccccc1. The summed E-state index contributed by atoms with van der Waals surface area (Å²) in [6.45, 7) is 6.44. The fourth-order valence-corrected chi connectivity index (χ4v) is 7.59. The Morgan fingerprint density at radius 3 is 2.00 bits per heavy atom. The van der Waals surface area contributed by atoms with E-state index in [1.54, 1.807) is 12.1 Å². The van der Waals surface area contributed by atoms with Crippen molar-refractivity contribution in [3.05, 3.63) is 65.7 Å². The van der Waals surface area contributed by atoms with Crippen LogP contribution in [0, 0.1) is 5.92 Å². The van der Waals surface area contributed by atoms with Crippen LogP contribution in [0.15, 0.2) is 59.6 Å². The molecule has 2 aliphatic heterocycles. The van der Waals surface area contributed by atoms with Crippen molar-refractivity contribution in [2.75, 3.05) is 26.2 Å². The molecule has 2 fully saturated rings. The number of nitrogens with one attached hydrogen (secondary N) is 4. The Hall–Kier alpha value is -5.67. The minimum Gasteiger partial charge on any atom is -0.508 e. The van der Waals surface area contributed by atoms with E-state index in [2.05, 4.69) is 26.3 Å². The number of phenolic OH excluding ortho intramolecular Hbond substituents is 1. The summed E-state index contributed by atoms with van der Waals surface area (Å²) in [6, 6.07) is 11.7. The van der Waals surface area contributed by atoms with E-state index in [0.29, 0.717) is 50.8 Å². The smallest absolute Gasteiger partial charge is 0.245 e. The number of phenols is 1. The van der Waals surface area contributed by atoms with Gasteiger partial charge >= 0.3 is 0 Å². The molecule has 2 aliphatic rings. The molecule has 0 aromatic heterocycles. The fraction of sp³-hybridized carbons (Fsp3) is 0.548. The van der Waals surface area contributed by atoms with E-state index in [4.69, 9.17) is 11.5 Å². The number of nitrogens with two attached hydrogens (primary N) is 2. The third-order valence-electron chi connectivity index (χ3n) is 10.4. The number of nitrogens with zero attached hydrogens (tertiary/aromatic N) is 3. The Kier molecular flexibility index (Phi) is 17.3. The zero-order valence-electron chi connectivity index (χ0n) is 34.0. The highest BCUT2D eigenvalue weighted by Gasteiger charge is 2.42. The number of benzene rings is 2. The van der Waals surface area contributed by atoms with Crippen LogP contribution in [-0.2, 0) is 41.6 Å². The van der Waals surface area contributed by atoms with Gasteiger partial charge in [-0.25, -0.2) is 0 Å². The summed E-state index contributed by atoms with van der Waals surface area (Å²) in [5.74, 6) is -2.61. The number of likely N-dealkylation sites (tertiary alicyclic amines) is 2. The van der Waals surface area contributed by atoms with Crippen LogP contribution in [0.2, 0.25) is 0 Å². The molecule has 5 atom stereocenters. The summed E-state index contributed by atoms with van der Waals surface area (Å²) < 4.78 is 0. The van der Waals surface area contributed by atoms with Crippen LogP contribution in [-0.4, -0.2) is 113 Å². The quantitative estimate of drug-likeness (QED) is 0.0578. The minimum absolute atomic E-state index is 0.0119. The molecule has 0 spiro atoms. The fourth-order valence-electron chi connectivity index (χ4n) is 7.59. The topological polar surface area (TPSA) is 242 Å². The highest BCUT2D eigenvalue weighted by molar-refractivity contribution is 5.97. The van der Waals surface area contributed by atoms with E-state index in [-0.39, 0.29) is 55.9 Å². The van der Waals surface area contributed by atoms with Gasteiger partial charge in [-0.3, -0.25) is 33.8 Å². The minimum atomic E-state index is -1.00. The largest absolute Gasteiger partial charge is 0.508 e. The first kappa shape index (κ1) is 45.0. The van der Waals surface area contributed by atoms with Gasteiger partial charge < -0.3 is 47.6 Å². The zero-order valence-corrected chi connectivity index (χ0v) is 34.0. The molecule has 2 aromatic carbocycles. The standard InChI is InChI=1S/C42H61N9O7/c1-27(2)25-34(49-37(54)33(47-28(3)52)26-30-17-19-31(53)20-18-30)41(58)51-24-10-16-36(51)39(56)48-32(14-8-22-46-42(43)44)40(57)50-23-9-15-35(50)38(55)45-21-7-13-29-11-5-4-6-12-29/h4-6,11-12,17-20,27,32-36,53H,7-10,13-16,21-26H2,1-3H3,(H,45,55)(H,47,52)(H,48,56)(H,49,54)(H4,43,44,46)/t32-,33-,34-,35-,36-/m0/s1. The van der Waals surface area contributed by atoms with Crippen molar-refractivity contribution in [1.82, 2.24) is 31.1 Å². The first-order valence-electron chi connectivity index (χ1n) is 20.4. The highest BCUT2D eigenvalue weighted by atomic mass is 16.3. The molecule has 2 heterocycles. The molecule has 2 saturated heterocycles. The molecule has 0 radical (unpaired) electrons. The van der Waals surface area contributed by atoms with E-state index >= 15 is 0 Å². The third kappa shape index (κ3) is 13.8. The highest BCUT2D eigenvalue weighted by Crippen LogP contribution is 2.23. The number of rotatable bonds is 20. The maximum atomic E-state index is 14.2. The van der Waals surface area contributed by atoms with Gasteiger partial charge in [0.1, 0.15) is 36.0 Å². The van der Waals surface area contributed by atoms with Crippen LogP contribution in [0.3, 0.4) is 0 Å². The summed E-state index contributed by atoms with van der Waals surface area (Å²) in [5.41, 5.74) is 12.9. The molecule has 9 N–H and O–H groups in total. The Balaban J connectivity index is 1.45. The van der Waals surface area contributed by atoms with Gasteiger partial charge in [-0.2, -0.15) is 0 Å². The van der Waals surface area contributed by atoms with Gasteiger partial charge in [-0.1, -0.05) is 56.3 Å². The number of aryl methyl sites for hydroxylation is 1. The van der Waals surface area contributed by atoms with E-state index in [9.17, 15) is 33.9 Å². The number of aromatic hydroxyl groups is 1. The predicted octanol–water partition coefficient (Wildman–Crippen LogP) is 1.24. The number of hydrogen-bond acceptors (Lipinski definition) is 8. The maximum Gasteiger partial charge on any atom is 0.245 e. The van der Waals surface area contributed by atoms with Gasteiger partial charge in [-0.05, 0) is 87.0 Å². The molecule has 2 aromatic rings. The summed E-state index contributed by atoms with van der Waals surface area (Å²) in [4.78, 5) is 88.6. The van der Waals surface area contributed by atoms with Gasteiger partial charge in [0.2, 0.25) is 35.4 Å². The molecule has 6 amide bonds. The first-order valence-corrected chi connectivity index (χ1v) is 20.4. The molecule has 0 bridgehead atoms. The van der Waals surface area contributed by atoms with Crippen molar-refractivity contribution in [3.63, 3.8) is 0 Å². The molecule has 16 nitrogen and oxygen atoms in total. The third-order valence-corrected chi connectivity index (χ3v) is 10.4. The Labute approximate surface area is 340 Å². The lowest BCUT2D eigenvalue weighted by Crippen LogP contribution is -2.59. The molecule has 58 heavy (non-hydrogen) atoms. The molecule has 4 rings (SSSR count). The van der Waals surface area contributed by atoms with Crippen LogP contribution < -0.4 is 32.7 Å². The lowest BCUT2D eigenvalue weighted by atomic mass is 10.00. The Morgan fingerprint density at radius 1 is 0.776 bits per heavy atom.